The monoisotopic (exact) mass is 444 g/mol. The van der Waals surface area contributed by atoms with Crippen LogP contribution in [0.4, 0.5) is 10.8 Å². The Hall–Kier alpha value is -3.08. The fourth-order valence-corrected chi connectivity index (χ4v) is 4.22. The van der Waals surface area contributed by atoms with E-state index in [-0.39, 0.29) is 15.9 Å². The third-order valence-corrected chi connectivity index (χ3v) is 5.92. The Balaban J connectivity index is 1.55. The van der Waals surface area contributed by atoms with Crippen LogP contribution in [0.1, 0.15) is 5.56 Å². The van der Waals surface area contributed by atoms with Gasteiger partial charge in [0.2, 0.25) is 5.91 Å². The molecule has 0 saturated heterocycles. The van der Waals surface area contributed by atoms with Crippen molar-refractivity contribution in [2.24, 2.45) is 0 Å². The second-order valence-corrected chi connectivity index (χ2v) is 8.64. The maximum absolute atomic E-state index is 12.3. The average Bonchev–Trinajstić information content (AvgIpc) is 3.20. The number of hydrogen-bond donors (Lipinski definition) is 3. The lowest BCUT2D eigenvalue weighted by molar-refractivity contribution is -0.115. The fraction of sp³-hybridized carbons (Fsp3) is 0. The first-order valence-corrected chi connectivity index (χ1v) is 11.1. The van der Waals surface area contributed by atoms with E-state index in [0.29, 0.717) is 10.8 Å². The predicted molar refractivity (Wildman–Crippen MR) is 119 cm³/mol. The predicted octanol–water partition coefficient (Wildman–Crippen LogP) is 3.47. The normalized spacial score (nSPS) is 11.2. The highest BCUT2D eigenvalue weighted by atomic mass is 32.2. The first-order valence-electron chi connectivity index (χ1n) is 8.30. The molecular weight excluding hydrogens is 428 g/mol. The number of carbonyl (C=O) groups excluding carboxylic acids is 1. The highest BCUT2D eigenvalue weighted by Gasteiger charge is 2.15. The lowest BCUT2D eigenvalue weighted by Gasteiger charge is -2.09. The fourth-order valence-electron chi connectivity index (χ4n) is 2.22. The van der Waals surface area contributed by atoms with Gasteiger partial charge in [0, 0.05) is 23.3 Å². The number of thiazole rings is 1. The molecule has 7 nitrogen and oxygen atoms in total. The minimum Gasteiger partial charge on any atom is -0.332 e. The number of nitrogens with zero attached hydrogens (tertiary/aromatic N) is 1. The van der Waals surface area contributed by atoms with Crippen LogP contribution >= 0.6 is 23.6 Å². The molecule has 0 unspecified atom stereocenters. The van der Waals surface area contributed by atoms with E-state index in [0.717, 1.165) is 5.56 Å². The molecule has 2 aromatic carbocycles. The Kier molecular flexibility index (Phi) is 6.70. The lowest BCUT2D eigenvalue weighted by Crippen LogP contribution is -2.32. The van der Waals surface area contributed by atoms with Crippen LogP contribution in [0.15, 0.2) is 77.1 Å². The van der Waals surface area contributed by atoms with E-state index >= 15 is 0 Å². The summed E-state index contributed by atoms with van der Waals surface area (Å²) in [7, 11) is -3.72. The maximum Gasteiger partial charge on any atom is 0.263 e. The molecule has 0 saturated carbocycles. The van der Waals surface area contributed by atoms with Crippen LogP contribution in [-0.4, -0.2) is 24.4 Å². The quantitative estimate of drug-likeness (QED) is 0.398. The summed E-state index contributed by atoms with van der Waals surface area (Å²) in [5.74, 6) is -0.377. The van der Waals surface area contributed by atoms with Crippen LogP contribution in [0.5, 0.6) is 0 Å². The van der Waals surface area contributed by atoms with Crippen molar-refractivity contribution >= 4 is 61.5 Å². The van der Waals surface area contributed by atoms with Gasteiger partial charge in [0.15, 0.2) is 10.2 Å². The Morgan fingerprint density at radius 2 is 1.79 bits per heavy atom. The number of carbonyl (C=O) groups is 1. The summed E-state index contributed by atoms with van der Waals surface area (Å²) in [6, 6.07) is 15.3. The number of anilines is 2. The van der Waals surface area contributed by atoms with Crippen LogP contribution in [0, 0.1) is 0 Å². The first-order chi connectivity index (χ1) is 13.9. The standard InChI is InChI=1S/C19H16N4O3S3/c24-17(11-6-14-4-2-1-3-5-14)22-18(27)21-15-7-9-16(10-8-15)29(25,26)23-19-20-12-13-28-19/h1-13H,(H,20,23)(H2,21,22,24,27). The first kappa shape index (κ1) is 20.6. The Labute approximate surface area is 177 Å². The number of amides is 1. The molecular formula is C19H16N4O3S3. The van der Waals surface area contributed by atoms with E-state index in [4.69, 9.17) is 12.2 Å². The highest BCUT2D eigenvalue weighted by molar-refractivity contribution is 7.93. The van der Waals surface area contributed by atoms with Gasteiger partial charge < -0.3 is 5.32 Å². The number of hydrogen-bond acceptors (Lipinski definition) is 6. The van der Waals surface area contributed by atoms with Crippen molar-refractivity contribution in [3.05, 3.63) is 77.8 Å². The van der Waals surface area contributed by atoms with Gasteiger partial charge in [-0.3, -0.25) is 14.8 Å². The molecule has 29 heavy (non-hydrogen) atoms. The van der Waals surface area contributed by atoms with Gasteiger partial charge in [-0.2, -0.15) is 0 Å². The summed E-state index contributed by atoms with van der Waals surface area (Å²) < 4.78 is 27.0. The lowest BCUT2D eigenvalue weighted by atomic mass is 10.2. The summed E-state index contributed by atoms with van der Waals surface area (Å²) >= 11 is 6.30. The molecule has 1 heterocycles. The minimum atomic E-state index is -3.72. The van der Waals surface area contributed by atoms with E-state index in [9.17, 15) is 13.2 Å². The summed E-state index contributed by atoms with van der Waals surface area (Å²) in [5, 5.41) is 7.43. The average molecular weight is 445 g/mol. The Morgan fingerprint density at radius 3 is 2.45 bits per heavy atom. The molecule has 3 aromatic rings. The van der Waals surface area contributed by atoms with Gasteiger partial charge in [-0.15, -0.1) is 11.3 Å². The van der Waals surface area contributed by atoms with Gasteiger partial charge in [-0.1, -0.05) is 30.3 Å². The molecule has 3 N–H and O–H groups in total. The SMILES string of the molecule is O=C(C=Cc1ccccc1)NC(=S)Nc1ccc(S(=O)(=O)Nc2nccs2)cc1. The van der Waals surface area contributed by atoms with Gasteiger partial charge in [0.05, 0.1) is 4.90 Å². The molecule has 1 aromatic heterocycles. The zero-order chi connectivity index (χ0) is 20.7. The van der Waals surface area contributed by atoms with Gasteiger partial charge in [0.25, 0.3) is 10.0 Å². The molecule has 0 aliphatic carbocycles. The molecule has 0 aliphatic heterocycles. The van der Waals surface area contributed by atoms with Gasteiger partial charge in [-0.05, 0) is 48.1 Å². The molecule has 0 atom stereocenters. The second-order valence-electron chi connectivity index (χ2n) is 5.65. The number of sulfonamides is 1. The van der Waals surface area contributed by atoms with E-state index in [1.54, 1.807) is 23.6 Å². The van der Waals surface area contributed by atoms with Crippen LogP contribution in [0.2, 0.25) is 0 Å². The Bertz CT molecular complexity index is 1110. The van der Waals surface area contributed by atoms with Crippen molar-refractivity contribution in [2.75, 3.05) is 10.0 Å². The van der Waals surface area contributed by atoms with E-state index in [1.807, 2.05) is 30.3 Å². The van der Waals surface area contributed by atoms with Gasteiger partial charge in [-0.25, -0.2) is 13.4 Å². The summed E-state index contributed by atoms with van der Waals surface area (Å²) in [4.78, 5) is 15.9. The summed E-state index contributed by atoms with van der Waals surface area (Å²) in [6.07, 6.45) is 4.57. The van der Waals surface area contributed by atoms with Crippen LogP contribution in [0.3, 0.4) is 0 Å². The molecule has 148 valence electrons. The number of rotatable bonds is 6. The van der Waals surface area contributed by atoms with E-state index in [2.05, 4.69) is 20.3 Å². The number of benzene rings is 2. The van der Waals surface area contributed by atoms with Crippen molar-refractivity contribution < 1.29 is 13.2 Å². The molecule has 0 bridgehead atoms. The molecule has 3 rings (SSSR count). The molecule has 0 radical (unpaired) electrons. The third-order valence-electron chi connectivity index (χ3n) is 3.54. The van der Waals surface area contributed by atoms with Crippen molar-refractivity contribution in [1.82, 2.24) is 10.3 Å². The summed E-state index contributed by atoms with van der Waals surface area (Å²) in [5.41, 5.74) is 1.43. The highest BCUT2D eigenvalue weighted by Crippen LogP contribution is 2.19. The van der Waals surface area contributed by atoms with Gasteiger partial charge in [0.1, 0.15) is 0 Å². The molecule has 10 heteroatoms. The van der Waals surface area contributed by atoms with Crippen molar-refractivity contribution in [3.8, 4) is 0 Å². The smallest absolute Gasteiger partial charge is 0.263 e. The number of nitrogens with one attached hydrogen (secondary N) is 3. The minimum absolute atomic E-state index is 0.0824. The molecule has 0 spiro atoms. The van der Waals surface area contributed by atoms with Crippen molar-refractivity contribution in [2.45, 2.75) is 4.90 Å². The second kappa shape index (κ2) is 9.41. The zero-order valence-electron chi connectivity index (χ0n) is 14.9. The van der Waals surface area contributed by atoms with Crippen LogP contribution < -0.4 is 15.4 Å². The topological polar surface area (TPSA) is 100 Å². The molecule has 0 fully saturated rings. The van der Waals surface area contributed by atoms with E-state index in [1.165, 1.54) is 35.7 Å². The summed E-state index contributed by atoms with van der Waals surface area (Å²) in [6.45, 7) is 0. The van der Waals surface area contributed by atoms with Crippen molar-refractivity contribution in [1.29, 1.82) is 0 Å². The van der Waals surface area contributed by atoms with Crippen molar-refractivity contribution in [3.63, 3.8) is 0 Å². The number of thiocarbonyl (C=S) groups is 1. The van der Waals surface area contributed by atoms with Crippen LogP contribution in [-0.2, 0) is 14.8 Å². The Morgan fingerprint density at radius 1 is 1.07 bits per heavy atom. The number of aromatic nitrogens is 1. The molecule has 0 aliphatic rings. The third kappa shape index (κ3) is 6.21. The molecule has 1 amide bonds. The largest absolute Gasteiger partial charge is 0.332 e. The van der Waals surface area contributed by atoms with Gasteiger partial charge >= 0.3 is 0 Å². The van der Waals surface area contributed by atoms with Crippen LogP contribution in [0.25, 0.3) is 6.08 Å². The van der Waals surface area contributed by atoms with E-state index < -0.39 is 10.0 Å². The maximum atomic E-state index is 12.3. The zero-order valence-corrected chi connectivity index (χ0v) is 17.4.